The van der Waals surface area contributed by atoms with Gasteiger partial charge in [-0.05, 0) is 28.7 Å². The highest BCUT2D eigenvalue weighted by Crippen LogP contribution is 2.49. The molecule has 3 atom stereocenters. The molecule has 0 aromatic rings. The topological polar surface area (TPSA) is 49.5 Å². The molecule has 6 heteroatoms. The van der Waals surface area contributed by atoms with Crippen LogP contribution in [0.5, 0.6) is 0 Å². The van der Waals surface area contributed by atoms with Gasteiger partial charge in [-0.2, -0.15) is 0 Å². The first-order valence-corrected chi connectivity index (χ1v) is 6.05. The van der Waals surface area contributed by atoms with Crippen molar-refractivity contribution in [2.45, 2.75) is 17.8 Å². The molecule has 0 N–H and O–H groups in total. The van der Waals surface area contributed by atoms with Crippen LogP contribution in [0.25, 0.3) is 0 Å². The van der Waals surface area contributed by atoms with Crippen LogP contribution < -0.4 is 0 Å². The Balaban J connectivity index is 1.99. The normalized spacial score (nSPS) is 36.8. The Bertz CT molecular complexity index is 276. The minimum Gasteiger partial charge on any atom is -0.361 e. The highest BCUT2D eigenvalue weighted by atomic mass is 127. The maximum absolute atomic E-state index is 5.63. The number of rotatable bonds is 6. The third kappa shape index (κ3) is 2.27. The van der Waals surface area contributed by atoms with E-state index in [0.29, 0.717) is 6.61 Å². The van der Waals surface area contributed by atoms with Crippen LogP contribution >= 0.6 is 22.6 Å². The fraction of sp³-hybridized carbons (Fsp3) is 0.800. The van der Waals surface area contributed by atoms with Gasteiger partial charge in [-0.15, -0.1) is 0 Å². The van der Waals surface area contributed by atoms with Crippen LogP contribution in [0.15, 0.2) is 9.66 Å². The van der Waals surface area contributed by atoms with E-state index in [4.69, 9.17) is 23.7 Å². The van der Waals surface area contributed by atoms with Crippen molar-refractivity contribution in [3.63, 3.8) is 0 Å². The van der Waals surface area contributed by atoms with Gasteiger partial charge in [0, 0.05) is 17.8 Å². The predicted octanol–water partition coefficient (Wildman–Crippen LogP) is 1.07. The van der Waals surface area contributed by atoms with Gasteiger partial charge < -0.3 is 23.7 Å². The van der Waals surface area contributed by atoms with E-state index in [1.54, 1.807) is 14.2 Å². The van der Waals surface area contributed by atoms with Crippen LogP contribution in [0.2, 0.25) is 0 Å². The molecule has 1 aliphatic heterocycles. The number of methoxy groups -OCH3 is 2. The molecule has 1 heterocycles. The summed E-state index contributed by atoms with van der Waals surface area (Å²) in [6.07, 6.45) is 1.74. The van der Waals surface area contributed by atoms with Gasteiger partial charge in [-0.3, -0.25) is 0 Å². The third-order valence-electron chi connectivity index (χ3n) is 2.67. The molecule has 2 aliphatic rings. The quantitative estimate of drug-likeness (QED) is 0.411. The lowest BCUT2D eigenvalue weighted by atomic mass is 10.1. The van der Waals surface area contributed by atoms with Crippen molar-refractivity contribution >= 4 is 22.6 Å². The van der Waals surface area contributed by atoms with E-state index >= 15 is 0 Å². The van der Waals surface area contributed by atoms with Gasteiger partial charge in [-0.25, -0.2) is 0 Å². The van der Waals surface area contributed by atoms with Crippen LogP contribution in [0.1, 0.15) is 0 Å². The van der Waals surface area contributed by atoms with Crippen molar-refractivity contribution in [2.24, 2.45) is 0 Å². The maximum Gasteiger partial charge on any atom is 0.151 e. The third-order valence-corrected chi connectivity index (χ3v) is 3.94. The van der Waals surface area contributed by atoms with E-state index < -0.39 is 0 Å². The van der Waals surface area contributed by atoms with Crippen molar-refractivity contribution in [3.8, 4) is 0 Å². The minimum absolute atomic E-state index is 0.135. The molecule has 0 amide bonds. The summed E-state index contributed by atoms with van der Waals surface area (Å²) in [7, 11) is 3.19. The Morgan fingerprint density at radius 1 is 1.38 bits per heavy atom. The molecule has 0 saturated carbocycles. The lowest BCUT2D eigenvalue weighted by Crippen LogP contribution is -2.38. The molecule has 2 rings (SSSR count). The van der Waals surface area contributed by atoms with Crippen molar-refractivity contribution in [1.29, 1.82) is 0 Å². The van der Waals surface area contributed by atoms with Gasteiger partial charge >= 0.3 is 0 Å². The van der Waals surface area contributed by atoms with Crippen LogP contribution in [0, 0.1) is 0 Å². The molecule has 0 bridgehead atoms. The summed E-state index contributed by atoms with van der Waals surface area (Å²) in [5.41, 5.74) is -0.294. The van der Waals surface area contributed by atoms with Gasteiger partial charge in [0.2, 0.25) is 0 Å². The van der Waals surface area contributed by atoms with Gasteiger partial charge in [-0.1, -0.05) is 0 Å². The first-order valence-electron chi connectivity index (χ1n) is 4.97. The second kappa shape index (κ2) is 5.28. The Morgan fingerprint density at radius 2 is 2.00 bits per heavy atom. The van der Waals surface area contributed by atoms with Crippen LogP contribution in [-0.2, 0) is 23.7 Å². The van der Waals surface area contributed by atoms with Crippen molar-refractivity contribution in [1.82, 2.24) is 0 Å². The summed E-state index contributed by atoms with van der Waals surface area (Å²) >= 11 is 2.27. The SMILES string of the molecule is COCO[C@H]1C=C(I)[C@]2(CO2)[C@@H]1OCOC. The van der Waals surface area contributed by atoms with Crippen LogP contribution in [0.4, 0.5) is 0 Å². The summed E-state index contributed by atoms with van der Waals surface area (Å²) in [6.45, 7) is 1.16. The summed E-state index contributed by atoms with van der Waals surface area (Å²) in [5.74, 6) is 0. The molecule has 0 radical (unpaired) electrons. The second-order valence-electron chi connectivity index (χ2n) is 3.72. The zero-order chi connectivity index (χ0) is 11.6. The zero-order valence-electron chi connectivity index (χ0n) is 9.27. The highest BCUT2D eigenvalue weighted by Gasteiger charge is 2.61. The first-order chi connectivity index (χ1) is 7.74. The molecule has 16 heavy (non-hydrogen) atoms. The summed E-state index contributed by atoms with van der Waals surface area (Å²) < 4.78 is 27.6. The zero-order valence-corrected chi connectivity index (χ0v) is 11.4. The highest BCUT2D eigenvalue weighted by molar-refractivity contribution is 14.1. The number of hydrogen-bond acceptors (Lipinski definition) is 5. The molecule has 1 fully saturated rings. The van der Waals surface area contributed by atoms with Gasteiger partial charge in [0.1, 0.15) is 25.8 Å². The van der Waals surface area contributed by atoms with Crippen LogP contribution in [0.3, 0.4) is 0 Å². The fourth-order valence-corrected chi connectivity index (χ4v) is 2.78. The Labute approximate surface area is 108 Å². The largest absolute Gasteiger partial charge is 0.361 e. The van der Waals surface area contributed by atoms with E-state index in [1.807, 2.05) is 6.08 Å². The summed E-state index contributed by atoms with van der Waals surface area (Å²) in [5, 5.41) is 0. The van der Waals surface area contributed by atoms with E-state index in [-0.39, 0.29) is 31.4 Å². The number of hydrogen-bond donors (Lipinski definition) is 0. The van der Waals surface area contributed by atoms with Crippen molar-refractivity contribution < 1.29 is 23.7 Å². The minimum atomic E-state index is -0.294. The Hall–Kier alpha value is 0.270. The molecular weight excluding hydrogens is 327 g/mol. The molecule has 0 unspecified atom stereocenters. The fourth-order valence-electron chi connectivity index (χ4n) is 1.81. The van der Waals surface area contributed by atoms with E-state index in [9.17, 15) is 0 Å². The molecular formula is C10H15IO5. The molecule has 1 saturated heterocycles. The lowest BCUT2D eigenvalue weighted by Gasteiger charge is -2.23. The van der Waals surface area contributed by atoms with Crippen molar-refractivity contribution in [2.75, 3.05) is 34.4 Å². The van der Waals surface area contributed by atoms with E-state index in [1.165, 1.54) is 0 Å². The summed E-state index contributed by atoms with van der Waals surface area (Å²) in [6, 6.07) is 0. The summed E-state index contributed by atoms with van der Waals surface area (Å²) in [4.78, 5) is 0. The second-order valence-corrected chi connectivity index (χ2v) is 4.89. The van der Waals surface area contributed by atoms with E-state index in [0.717, 1.165) is 3.58 Å². The van der Waals surface area contributed by atoms with Crippen LogP contribution in [-0.4, -0.2) is 52.2 Å². The number of ether oxygens (including phenoxy) is 5. The Kier molecular flexibility index (Phi) is 4.20. The number of halogens is 1. The molecule has 5 nitrogen and oxygen atoms in total. The molecule has 1 spiro atoms. The van der Waals surface area contributed by atoms with Gasteiger partial charge in [0.25, 0.3) is 0 Å². The standard InChI is InChI=1S/C10H15IO5/c1-12-5-14-7-3-8(11)10(4-16-10)9(7)15-6-13-2/h3,7,9H,4-6H2,1-2H3/t7-,9+,10+/m0/s1. The molecule has 0 aromatic carbocycles. The maximum atomic E-state index is 5.63. The monoisotopic (exact) mass is 342 g/mol. The first kappa shape index (κ1) is 12.7. The lowest BCUT2D eigenvalue weighted by molar-refractivity contribution is -0.151. The average Bonchev–Trinajstić information content (AvgIpc) is 3.02. The molecule has 92 valence electrons. The van der Waals surface area contributed by atoms with Gasteiger partial charge in [0.15, 0.2) is 5.60 Å². The molecule has 1 aliphatic carbocycles. The Morgan fingerprint density at radius 3 is 2.56 bits per heavy atom. The number of epoxide rings is 1. The molecule has 0 aromatic heterocycles. The van der Waals surface area contributed by atoms with Crippen molar-refractivity contribution in [3.05, 3.63) is 9.66 Å². The smallest absolute Gasteiger partial charge is 0.151 e. The predicted molar refractivity (Wildman–Crippen MR) is 64.3 cm³/mol. The van der Waals surface area contributed by atoms with E-state index in [2.05, 4.69) is 22.6 Å². The average molecular weight is 342 g/mol. The van der Waals surface area contributed by atoms with Gasteiger partial charge in [0.05, 0.1) is 6.61 Å².